The molecule has 1 aromatic rings. The Morgan fingerprint density at radius 2 is 1.69 bits per heavy atom. The smallest absolute Gasteiger partial charge is 0.308 e. The first-order valence-corrected chi connectivity index (χ1v) is 11.6. The Balaban J connectivity index is 1.98. The van der Waals surface area contributed by atoms with Crippen molar-refractivity contribution in [2.45, 2.75) is 84.5 Å². The lowest BCUT2D eigenvalue weighted by molar-refractivity contribution is -0.173. The Hall–Kier alpha value is -2.57. The fourth-order valence-electron chi connectivity index (χ4n) is 4.98. The molecule has 2 fully saturated rings. The van der Waals surface area contributed by atoms with E-state index in [-0.39, 0.29) is 30.9 Å². The van der Waals surface area contributed by atoms with Crippen molar-refractivity contribution in [3.05, 3.63) is 29.8 Å². The van der Waals surface area contributed by atoms with Crippen LogP contribution in [0.5, 0.6) is 5.75 Å². The summed E-state index contributed by atoms with van der Waals surface area (Å²) in [6, 6.07) is 6.08. The zero-order chi connectivity index (χ0) is 23.5. The maximum atomic E-state index is 13.9. The minimum Gasteiger partial charge on any atom is -0.497 e. The van der Waals surface area contributed by atoms with Gasteiger partial charge in [-0.2, -0.15) is 0 Å². The molecule has 1 saturated carbocycles. The second-order valence-electron chi connectivity index (χ2n) is 9.79. The summed E-state index contributed by atoms with van der Waals surface area (Å²) in [5.41, 5.74) is 0.454. The van der Waals surface area contributed by atoms with Crippen LogP contribution in [-0.4, -0.2) is 59.4 Å². The average molecular weight is 445 g/mol. The lowest BCUT2D eigenvalue weighted by Gasteiger charge is -2.51. The van der Waals surface area contributed by atoms with Gasteiger partial charge in [-0.3, -0.25) is 14.4 Å². The molecule has 2 atom stereocenters. The monoisotopic (exact) mass is 444 g/mol. The van der Waals surface area contributed by atoms with E-state index < -0.39 is 23.5 Å². The van der Waals surface area contributed by atoms with E-state index in [4.69, 9.17) is 9.47 Å². The minimum atomic E-state index is -0.818. The van der Waals surface area contributed by atoms with Crippen LogP contribution < -0.4 is 4.74 Å². The molecule has 0 spiro atoms. The van der Waals surface area contributed by atoms with E-state index >= 15 is 0 Å². The molecule has 32 heavy (non-hydrogen) atoms. The summed E-state index contributed by atoms with van der Waals surface area (Å²) < 4.78 is 10.4. The zero-order valence-electron chi connectivity index (χ0n) is 19.9. The first kappa shape index (κ1) is 24.1. The van der Waals surface area contributed by atoms with Crippen molar-refractivity contribution in [1.82, 2.24) is 9.80 Å². The number of benzene rings is 1. The van der Waals surface area contributed by atoms with Crippen LogP contribution in [0.2, 0.25) is 0 Å². The Morgan fingerprint density at radius 1 is 1.06 bits per heavy atom. The van der Waals surface area contributed by atoms with Crippen LogP contribution in [0, 0.1) is 5.41 Å². The molecule has 1 aliphatic carbocycles. The number of rotatable bonds is 7. The molecule has 0 bridgehead atoms. The van der Waals surface area contributed by atoms with Crippen molar-refractivity contribution >= 4 is 17.8 Å². The number of amides is 2. The highest BCUT2D eigenvalue weighted by Gasteiger charge is 2.52. The van der Waals surface area contributed by atoms with Gasteiger partial charge in [-0.25, -0.2) is 0 Å². The molecule has 0 N–H and O–H groups in total. The normalized spacial score (nSPS) is 22.4. The van der Waals surface area contributed by atoms with Gasteiger partial charge in [0.15, 0.2) is 0 Å². The van der Waals surface area contributed by atoms with Crippen LogP contribution >= 0.6 is 0 Å². The van der Waals surface area contributed by atoms with Gasteiger partial charge in [0.2, 0.25) is 11.8 Å². The van der Waals surface area contributed by atoms with Crippen LogP contribution in [0.1, 0.15) is 65.4 Å². The number of carbonyl (C=O) groups excluding carboxylic acids is 3. The lowest BCUT2D eigenvalue weighted by atomic mass is 9.81. The van der Waals surface area contributed by atoms with E-state index in [0.717, 1.165) is 37.0 Å². The Kier molecular flexibility index (Phi) is 7.47. The molecular weight excluding hydrogens is 408 g/mol. The molecule has 176 valence electrons. The summed E-state index contributed by atoms with van der Waals surface area (Å²) in [6.45, 7) is 8.25. The summed E-state index contributed by atoms with van der Waals surface area (Å²) >= 11 is 0. The second-order valence-corrected chi connectivity index (χ2v) is 9.79. The highest BCUT2D eigenvalue weighted by molar-refractivity contribution is 5.99. The molecule has 2 aliphatic rings. The molecule has 1 saturated heterocycles. The third-order valence-electron chi connectivity index (χ3n) is 6.42. The average Bonchev–Trinajstić information content (AvgIpc) is 3.25. The number of hydrogen-bond donors (Lipinski definition) is 0. The fraction of sp³-hybridized carbons (Fsp3) is 0.640. The maximum Gasteiger partial charge on any atom is 0.308 e. The van der Waals surface area contributed by atoms with E-state index in [1.165, 1.54) is 0 Å². The number of carbonyl (C=O) groups is 3. The third-order valence-corrected chi connectivity index (χ3v) is 6.42. The number of esters is 1. The SMILES string of the molecule is CCOC(=O)C[C@@H]1C(=O)N(Cc2ccc(OC)cc2)[C@@H](C(C)(C)C)C(=O)N1C1CCCC1. The Morgan fingerprint density at radius 3 is 2.22 bits per heavy atom. The number of nitrogens with zero attached hydrogens (tertiary/aromatic N) is 2. The van der Waals surface area contributed by atoms with Crippen molar-refractivity contribution < 1.29 is 23.9 Å². The predicted molar refractivity (Wildman–Crippen MR) is 121 cm³/mol. The Bertz CT molecular complexity index is 824. The van der Waals surface area contributed by atoms with E-state index in [9.17, 15) is 14.4 Å². The van der Waals surface area contributed by atoms with E-state index in [2.05, 4.69) is 0 Å². The molecule has 3 rings (SSSR count). The molecule has 7 heteroatoms. The zero-order valence-corrected chi connectivity index (χ0v) is 19.9. The number of piperazine rings is 1. The summed E-state index contributed by atoms with van der Waals surface area (Å²) in [4.78, 5) is 43.6. The maximum absolute atomic E-state index is 13.9. The molecule has 1 aliphatic heterocycles. The van der Waals surface area contributed by atoms with E-state index in [1.807, 2.05) is 45.0 Å². The topological polar surface area (TPSA) is 76.1 Å². The minimum absolute atomic E-state index is 0.00105. The van der Waals surface area contributed by atoms with Crippen molar-refractivity contribution in [2.24, 2.45) is 5.41 Å². The van der Waals surface area contributed by atoms with E-state index in [0.29, 0.717) is 6.54 Å². The highest BCUT2D eigenvalue weighted by Crippen LogP contribution is 2.37. The predicted octanol–water partition coefficient (Wildman–Crippen LogP) is 3.55. The van der Waals surface area contributed by atoms with Gasteiger partial charge in [-0.15, -0.1) is 0 Å². The summed E-state index contributed by atoms with van der Waals surface area (Å²) in [7, 11) is 1.61. The quantitative estimate of drug-likeness (QED) is 0.601. The van der Waals surface area contributed by atoms with Crippen LogP contribution in [0.25, 0.3) is 0 Å². The number of methoxy groups -OCH3 is 1. The number of ether oxygens (including phenoxy) is 2. The molecule has 1 heterocycles. The van der Waals surface area contributed by atoms with Gasteiger partial charge in [0.05, 0.1) is 20.1 Å². The van der Waals surface area contributed by atoms with Gasteiger partial charge >= 0.3 is 5.97 Å². The molecule has 1 aromatic carbocycles. The lowest BCUT2D eigenvalue weighted by Crippen LogP contribution is -2.69. The van der Waals surface area contributed by atoms with Crippen molar-refractivity contribution in [1.29, 1.82) is 0 Å². The molecule has 2 amide bonds. The van der Waals surface area contributed by atoms with Gasteiger partial charge in [0.1, 0.15) is 17.8 Å². The van der Waals surface area contributed by atoms with Crippen LogP contribution in [-0.2, 0) is 25.7 Å². The van der Waals surface area contributed by atoms with Gasteiger partial charge in [0, 0.05) is 12.6 Å². The Labute approximate surface area is 191 Å². The van der Waals surface area contributed by atoms with Crippen LogP contribution in [0.3, 0.4) is 0 Å². The van der Waals surface area contributed by atoms with Gasteiger partial charge in [0.25, 0.3) is 0 Å². The van der Waals surface area contributed by atoms with Crippen LogP contribution in [0.15, 0.2) is 24.3 Å². The largest absolute Gasteiger partial charge is 0.497 e. The first-order chi connectivity index (χ1) is 15.2. The van der Waals surface area contributed by atoms with Crippen molar-refractivity contribution in [3.63, 3.8) is 0 Å². The second kappa shape index (κ2) is 9.92. The molecule has 0 unspecified atom stereocenters. The van der Waals surface area contributed by atoms with Crippen molar-refractivity contribution in [2.75, 3.05) is 13.7 Å². The third kappa shape index (κ3) is 5.08. The number of hydrogen-bond acceptors (Lipinski definition) is 5. The van der Waals surface area contributed by atoms with E-state index in [1.54, 1.807) is 23.8 Å². The van der Waals surface area contributed by atoms with Gasteiger partial charge in [-0.05, 0) is 42.9 Å². The molecule has 0 radical (unpaired) electrons. The molecule has 7 nitrogen and oxygen atoms in total. The summed E-state index contributed by atoms with van der Waals surface area (Å²) in [6.07, 6.45) is 3.70. The van der Waals surface area contributed by atoms with Gasteiger partial charge < -0.3 is 19.3 Å². The molecular formula is C25H36N2O5. The summed E-state index contributed by atoms with van der Waals surface area (Å²) in [5, 5.41) is 0. The standard InChI is InChI=1S/C25H36N2O5/c1-6-32-21(28)15-20-23(29)26(16-17-11-13-19(31-5)14-12-17)22(25(2,3)4)24(30)27(20)18-9-7-8-10-18/h11-14,18,20,22H,6-10,15-16H2,1-5H3/t20-,22-/m1/s1. The first-order valence-electron chi connectivity index (χ1n) is 11.6. The van der Waals surface area contributed by atoms with Gasteiger partial charge in [-0.1, -0.05) is 45.7 Å². The fourth-order valence-corrected chi connectivity index (χ4v) is 4.98. The summed E-state index contributed by atoms with van der Waals surface area (Å²) in [5.74, 6) is 0.0436. The van der Waals surface area contributed by atoms with Crippen LogP contribution in [0.4, 0.5) is 0 Å². The van der Waals surface area contributed by atoms with Crippen molar-refractivity contribution in [3.8, 4) is 5.75 Å². The molecule has 0 aromatic heterocycles. The highest BCUT2D eigenvalue weighted by atomic mass is 16.5.